The molecular formula is C15H9ClF3NO3. The zero-order valence-electron chi connectivity index (χ0n) is 11.4. The molecule has 8 heteroatoms. The first-order valence-corrected chi connectivity index (χ1v) is 7.25. The van der Waals surface area contributed by atoms with E-state index in [2.05, 4.69) is 0 Å². The molecule has 2 fully saturated rings. The van der Waals surface area contributed by atoms with Crippen LogP contribution in [0.4, 0.5) is 18.9 Å². The van der Waals surface area contributed by atoms with Crippen molar-refractivity contribution in [3.63, 3.8) is 0 Å². The lowest BCUT2D eigenvalue weighted by atomic mass is 9.85. The maximum atomic E-state index is 12.9. The lowest BCUT2D eigenvalue weighted by Crippen LogP contribution is -2.34. The monoisotopic (exact) mass is 343 g/mol. The molecule has 3 aliphatic heterocycles. The van der Waals surface area contributed by atoms with Gasteiger partial charge in [0.2, 0.25) is 11.8 Å². The van der Waals surface area contributed by atoms with Gasteiger partial charge < -0.3 is 4.74 Å². The smallest absolute Gasteiger partial charge is 0.365 e. The number of alkyl halides is 3. The van der Waals surface area contributed by atoms with Gasteiger partial charge in [-0.2, -0.15) is 13.2 Å². The van der Waals surface area contributed by atoms with Crippen LogP contribution in [0.15, 0.2) is 30.4 Å². The van der Waals surface area contributed by atoms with Crippen LogP contribution in [0.5, 0.6) is 0 Å². The summed E-state index contributed by atoms with van der Waals surface area (Å²) in [6.45, 7) is 0. The van der Waals surface area contributed by atoms with Crippen molar-refractivity contribution in [2.24, 2.45) is 11.8 Å². The maximum Gasteiger partial charge on any atom is 0.416 e. The summed E-state index contributed by atoms with van der Waals surface area (Å²) in [7, 11) is 0. The van der Waals surface area contributed by atoms with Crippen LogP contribution < -0.4 is 4.90 Å². The minimum absolute atomic E-state index is 0.0825. The van der Waals surface area contributed by atoms with E-state index in [1.54, 1.807) is 12.2 Å². The molecule has 4 nitrogen and oxygen atoms in total. The Kier molecular flexibility index (Phi) is 2.93. The first kappa shape index (κ1) is 14.7. The van der Waals surface area contributed by atoms with Crippen LogP contribution >= 0.6 is 11.6 Å². The lowest BCUT2D eigenvalue weighted by molar-refractivity contribution is -0.137. The number of nitrogens with zero attached hydrogens (tertiary/aromatic N) is 1. The number of rotatable bonds is 1. The molecule has 1 aromatic carbocycles. The third kappa shape index (κ3) is 1.96. The van der Waals surface area contributed by atoms with Crippen molar-refractivity contribution in [3.05, 3.63) is 40.9 Å². The molecule has 120 valence electrons. The normalized spacial score (nSPS) is 32.1. The van der Waals surface area contributed by atoms with Gasteiger partial charge in [-0.1, -0.05) is 23.8 Å². The van der Waals surface area contributed by atoms with Crippen LogP contribution in [0.1, 0.15) is 5.56 Å². The molecule has 3 heterocycles. The van der Waals surface area contributed by atoms with Crippen molar-refractivity contribution >= 4 is 29.1 Å². The second-order valence-corrected chi connectivity index (χ2v) is 6.08. The number of amides is 2. The number of carbonyl (C=O) groups excluding carboxylic acids is 2. The van der Waals surface area contributed by atoms with E-state index in [1.165, 1.54) is 0 Å². The summed E-state index contributed by atoms with van der Waals surface area (Å²) in [6, 6.07) is 2.58. The van der Waals surface area contributed by atoms with Gasteiger partial charge in [-0.15, -0.1) is 0 Å². The number of hydrogen-bond acceptors (Lipinski definition) is 3. The number of imide groups is 1. The van der Waals surface area contributed by atoms with Crippen LogP contribution in [0, 0.1) is 11.8 Å². The first-order chi connectivity index (χ1) is 10.8. The van der Waals surface area contributed by atoms with Crippen molar-refractivity contribution < 1.29 is 27.5 Å². The Morgan fingerprint density at radius 3 is 2.13 bits per heavy atom. The number of ether oxygens (including phenoxy) is 1. The van der Waals surface area contributed by atoms with Gasteiger partial charge in [0.05, 0.1) is 40.3 Å². The first-order valence-electron chi connectivity index (χ1n) is 6.87. The summed E-state index contributed by atoms with van der Waals surface area (Å²) in [6.07, 6.45) is -2.19. The molecule has 4 atom stereocenters. The quantitative estimate of drug-likeness (QED) is 0.582. The molecule has 0 aromatic heterocycles. The molecule has 4 rings (SSSR count). The minimum Gasteiger partial charge on any atom is -0.365 e. The summed E-state index contributed by atoms with van der Waals surface area (Å²) >= 11 is 5.94. The number of anilines is 1. The topological polar surface area (TPSA) is 46.6 Å². The van der Waals surface area contributed by atoms with E-state index < -0.39 is 47.6 Å². The average Bonchev–Trinajstić information content (AvgIpc) is 3.13. The van der Waals surface area contributed by atoms with E-state index in [9.17, 15) is 22.8 Å². The molecule has 0 unspecified atom stereocenters. The Bertz CT molecular complexity index is 731. The third-order valence-corrected chi connectivity index (χ3v) is 4.74. The Labute approximate surface area is 133 Å². The molecule has 3 aliphatic rings. The minimum atomic E-state index is -4.59. The summed E-state index contributed by atoms with van der Waals surface area (Å²) in [5, 5.41) is -0.0825. The summed E-state index contributed by atoms with van der Waals surface area (Å²) < 4.78 is 44.1. The van der Waals surface area contributed by atoms with Crippen molar-refractivity contribution in [3.8, 4) is 0 Å². The second-order valence-electron chi connectivity index (χ2n) is 5.68. The maximum absolute atomic E-state index is 12.9. The van der Waals surface area contributed by atoms with E-state index in [-0.39, 0.29) is 10.7 Å². The van der Waals surface area contributed by atoms with Crippen molar-refractivity contribution in [1.82, 2.24) is 0 Å². The molecule has 0 saturated carbocycles. The molecule has 23 heavy (non-hydrogen) atoms. The molecular weight excluding hydrogens is 335 g/mol. The van der Waals surface area contributed by atoms with E-state index in [4.69, 9.17) is 16.3 Å². The third-order valence-electron chi connectivity index (χ3n) is 4.42. The average molecular weight is 344 g/mol. The van der Waals surface area contributed by atoms with Crippen LogP contribution in [-0.4, -0.2) is 24.0 Å². The van der Waals surface area contributed by atoms with Crippen LogP contribution in [-0.2, 0) is 20.5 Å². The fraction of sp³-hybridized carbons (Fsp3) is 0.333. The highest BCUT2D eigenvalue weighted by atomic mass is 35.5. The van der Waals surface area contributed by atoms with E-state index in [1.807, 2.05) is 0 Å². The highest BCUT2D eigenvalue weighted by molar-refractivity contribution is 6.36. The number of halogens is 4. The number of benzene rings is 1. The van der Waals surface area contributed by atoms with Gasteiger partial charge in [0, 0.05) is 0 Å². The zero-order chi connectivity index (χ0) is 16.5. The number of hydrogen-bond donors (Lipinski definition) is 0. The summed E-state index contributed by atoms with van der Waals surface area (Å²) in [5.41, 5.74) is -1.20. The van der Waals surface area contributed by atoms with Gasteiger partial charge in [-0.3, -0.25) is 9.59 Å². The molecule has 0 N–H and O–H groups in total. The largest absolute Gasteiger partial charge is 0.416 e. The van der Waals surface area contributed by atoms with Gasteiger partial charge in [-0.05, 0) is 18.2 Å². The Hall–Kier alpha value is -1.86. The summed E-state index contributed by atoms with van der Waals surface area (Å²) in [5.74, 6) is -2.53. The van der Waals surface area contributed by atoms with Gasteiger partial charge >= 0.3 is 6.18 Å². The molecule has 0 aliphatic carbocycles. The Morgan fingerprint density at radius 1 is 1.04 bits per heavy atom. The van der Waals surface area contributed by atoms with Crippen molar-refractivity contribution in [2.45, 2.75) is 18.4 Å². The van der Waals surface area contributed by atoms with Crippen LogP contribution in [0.25, 0.3) is 0 Å². The van der Waals surface area contributed by atoms with E-state index in [0.717, 1.165) is 23.1 Å². The fourth-order valence-corrected chi connectivity index (χ4v) is 3.60. The predicted molar refractivity (Wildman–Crippen MR) is 73.7 cm³/mol. The molecule has 0 spiro atoms. The number of carbonyl (C=O) groups is 2. The lowest BCUT2D eigenvalue weighted by Gasteiger charge is -2.20. The molecule has 2 amide bonds. The van der Waals surface area contributed by atoms with Crippen LogP contribution in [0.2, 0.25) is 5.02 Å². The van der Waals surface area contributed by atoms with E-state index >= 15 is 0 Å². The molecule has 0 radical (unpaired) electrons. The molecule has 2 bridgehead atoms. The van der Waals surface area contributed by atoms with Crippen LogP contribution in [0.3, 0.4) is 0 Å². The second kappa shape index (κ2) is 4.58. The Morgan fingerprint density at radius 2 is 1.61 bits per heavy atom. The summed E-state index contributed by atoms with van der Waals surface area (Å²) in [4.78, 5) is 25.9. The van der Waals surface area contributed by atoms with Gasteiger partial charge in [-0.25, -0.2) is 4.90 Å². The van der Waals surface area contributed by atoms with Gasteiger partial charge in [0.25, 0.3) is 0 Å². The number of fused-ring (bicyclic) bond motifs is 5. The highest BCUT2D eigenvalue weighted by Crippen LogP contribution is 2.47. The molecule has 1 aromatic rings. The molecule has 2 saturated heterocycles. The Balaban J connectivity index is 1.78. The highest BCUT2D eigenvalue weighted by Gasteiger charge is 2.61. The predicted octanol–water partition coefficient (Wildman–Crippen LogP) is 2.80. The van der Waals surface area contributed by atoms with Gasteiger partial charge in [0.1, 0.15) is 0 Å². The van der Waals surface area contributed by atoms with Crippen molar-refractivity contribution in [1.29, 1.82) is 0 Å². The van der Waals surface area contributed by atoms with Crippen molar-refractivity contribution in [2.75, 3.05) is 4.90 Å². The standard InChI is InChI=1S/C15H9ClF3NO3/c16-7-2-1-6(15(17,18)19)5-8(7)20-13(21)11-9-3-4-10(23-9)12(11)14(20)22/h1-5,9-12H/t9-,10-,11-,12+/m1/s1. The fourth-order valence-electron chi connectivity index (χ4n) is 3.40. The van der Waals surface area contributed by atoms with Gasteiger partial charge in [0.15, 0.2) is 0 Å². The van der Waals surface area contributed by atoms with E-state index in [0.29, 0.717) is 0 Å². The zero-order valence-corrected chi connectivity index (χ0v) is 12.1. The SMILES string of the molecule is O=C1[C@@H]2[C@H](C(=O)N1c1cc(C(F)(F)F)ccc1Cl)[C@H]1C=C[C@H]2O1.